The third-order valence-corrected chi connectivity index (χ3v) is 15.5. The van der Waals surface area contributed by atoms with Crippen LogP contribution in [0.15, 0.2) is 69.6 Å². The van der Waals surface area contributed by atoms with E-state index in [2.05, 4.69) is 56.7 Å². The summed E-state index contributed by atoms with van der Waals surface area (Å²) in [5.74, 6) is 6.46. The van der Waals surface area contributed by atoms with E-state index in [0.717, 1.165) is 49.2 Å². The molecule has 0 radical (unpaired) electrons. The molecule has 8 rings (SSSR count). The number of aromatic nitrogens is 5. The van der Waals surface area contributed by atoms with Crippen LogP contribution in [0.1, 0.15) is 108 Å². The zero-order valence-corrected chi connectivity index (χ0v) is 46.1. The number of thiazole rings is 1. The van der Waals surface area contributed by atoms with Crippen LogP contribution in [-0.4, -0.2) is 136 Å². The Morgan fingerprint density at radius 2 is 1.59 bits per heavy atom. The standard InChI is InChI=1S/C55H64ClN9O9S2/c1-32(2)48(46-27-33(3)63-74-46)54(69)64-30-42(66)28-45(64)53(68)59-35(5)38-10-12-40(13-11-38)51-43(58-31-75-51)9-8-19-70-21-23-72-25-26-73-24-22-71-20-18-57-47(67)29-44-52-62-61-37(7)65(52)55-49(34(4)36(6)76-55)50(60-44)39-14-16-41(56)17-15-39/h10-17,27,31-32,35,42,44-45,48,66H,18-26,28-30H2,1-7H3,(H,57,67)(H,59,68). The summed E-state index contributed by atoms with van der Waals surface area (Å²) in [5.41, 5.74) is 8.73. The first-order valence-corrected chi connectivity index (χ1v) is 27.4. The molecule has 6 heterocycles. The Morgan fingerprint density at radius 3 is 2.28 bits per heavy atom. The first-order chi connectivity index (χ1) is 36.7. The first-order valence-electron chi connectivity index (χ1n) is 25.4. The molecular weight excluding hydrogens is 1030 g/mol. The van der Waals surface area contributed by atoms with Gasteiger partial charge in [0, 0.05) is 46.6 Å². The first kappa shape index (κ1) is 56.1. The number of carbonyl (C=O) groups is 3. The second kappa shape index (κ2) is 26.3. The van der Waals surface area contributed by atoms with Crippen molar-refractivity contribution in [2.24, 2.45) is 10.9 Å². The number of hydrogen-bond donors (Lipinski definition) is 3. The van der Waals surface area contributed by atoms with Gasteiger partial charge in [-0.3, -0.25) is 23.9 Å². The predicted molar refractivity (Wildman–Crippen MR) is 290 cm³/mol. The zero-order valence-electron chi connectivity index (χ0n) is 43.8. The molecule has 3 amide bonds. The van der Waals surface area contributed by atoms with Crippen LogP contribution >= 0.6 is 34.3 Å². The van der Waals surface area contributed by atoms with Crippen molar-refractivity contribution in [1.82, 2.24) is 40.4 Å². The summed E-state index contributed by atoms with van der Waals surface area (Å²) in [6.07, 6.45) is -0.567. The number of benzene rings is 2. The maximum atomic E-state index is 13.8. The highest BCUT2D eigenvalue weighted by atomic mass is 35.5. The van der Waals surface area contributed by atoms with Crippen LogP contribution in [0.2, 0.25) is 5.02 Å². The SMILES string of the molecule is Cc1cc(C(C(=O)N2CC(O)CC2C(=O)NC(C)c2ccc(-c3scnc3C#CCOCCOCCOCCOCCNC(=O)CC3N=C(c4ccc(Cl)cc4)c4c(sc(C)c4C)-n4c(C)nnc43)cc2)C(C)C)on1. The third-order valence-electron chi connectivity index (χ3n) is 13.2. The van der Waals surface area contributed by atoms with Crippen molar-refractivity contribution in [2.45, 2.75) is 91.5 Å². The van der Waals surface area contributed by atoms with Gasteiger partial charge < -0.3 is 44.1 Å². The quantitative estimate of drug-likeness (QED) is 0.0421. The lowest BCUT2D eigenvalue weighted by molar-refractivity contribution is -0.141. The largest absolute Gasteiger partial charge is 0.391 e. The minimum Gasteiger partial charge on any atom is -0.391 e. The maximum Gasteiger partial charge on any atom is 0.243 e. The summed E-state index contributed by atoms with van der Waals surface area (Å²) >= 11 is 9.38. The number of thiophene rings is 1. The Hall–Kier alpha value is -6.15. The van der Waals surface area contributed by atoms with Crippen molar-refractivity contribution in [3.05, 3.63) is 121 Å². The van der Waals surface area contributed by atoms with E-state index >= 15 is 0 Å². The molecule has 5 atom stereocenters. The summed E-state index contributed by atoms with van der Waals surface area (Å²) in [6.45, 7) is 16.9. The molecule has 6 aromatic rings. The number of fused-ring (bicyclic) bond motifs is 3. The van der Waals surface area contributed by atoms with Gasteiger partial charge in [0.25, 0.3) is 0 Å². The number of hydrogen-bond acceptors (Lipinski definition) is 16. The van der Waals surface area contributed by atoms with E-state index in [1.807, 2.05) is 80.8 Å². The van der Waals surface area contributed by atoms with Crippen molar-refractivity contribution < 1.29 is 43.0 Å². The summed E-state index contributed by atoms with van der Waals surface area (Å²) in [6, 6.07) is 15.4. The van der Waals surface area contributed by atoms with Gasteiger partial charge in [-0.25, -0.2) is 4.98 Å². The highest BCUT2D eigenvalue weighted by molar-refractivity contribution is 7.15. The Labute approximate surface area is 455 Å². The highest BCUT2D eigenvalue weighted by Crippen LogP contribution is 2.40. The second-order valence-electron chi connectivity index (χ2n) is 19.0. The van der Waals surface area contributed by atoms with E-state index in [9.17, 15) is 19.5 Å². The van der Waals surface area contributed by atoms with Crippen molar-refractivity contribution in [1.29, 1.82) is 0 Å². The number of aliphatic imine (C=N–C) groups is 1. The van der Waals surface area contributed by atoms with E-state index < -0.39 is 24.1 Å². The molecule has 1 saturated heterocycles. The van der Waals surface area contributed by atoms with E-state index in [0.29, 0.717) is 80.8 Å². The van der Waals surface area contributed by atoms with Crippen LogP contribution in [0, 0.1) is 45.5 Å². The fourth-order valence-corrected chi connectivity index (χ4v) is 11.2. The fourth-order valence-electron chi connectivity index (χ4n) is 9.15. The number of rotatable bonds is 23. The molecule has 2 aliphatic rings. The number of β-amino-alcohol motifs (C(OH)–C–C–N with tert-alkyl or cyclic N) is 1. The highest BCUT2D eigenvalue weighted by Gasteiger charge is 2.43. The summed E-state index contributed by atoms with van der Waals surface area (Å²) in [7, 11) is 0. The monoisotopic (exact) mass is 1090 g/mol. The number of likely N-dealkylation sites (tertiary alicyclic amines) is 1. The van der Waals surface area contributed by atoms with E-state index in [4.69, 9.17) is 40.1 Å². The minimum atomic E-state index is -0.816. The molecule has 1 fully saturated rings. The molecule has 21 heteroatoms. The van der Waals surface area contributed by atoms with Gasteiger partial charge in [0.1, 0.15) is 46.9 Å². The fraction of sp³-hybridized carbons (Fsp3) is 0.455. The van der Waals surface area contributed by atoms with Crippen LogP contribution in [0.25, 0.3) is 15.4 Å². The molecule has 0 bridgehead atoms. The molecule has 0 saturated carbocycles. The Balaban J connectivity index is 0.688. The van der Waals surface area contributed by atoms with Crippen LogP contribution < -0.4 is 10.6 Å². The minimum absolute atomic E-state index is 0.0688. The van der Waals surface area contributed by atoms with Gasteiger partial charge in [-0.1, -0.05) is 72.9 Å². The van der Waals surface area contributed by atoms with Crippen molar-refractivity contribution >= 4 is 57.7 Å². The number of halogens is 1. The summed E-state index contributed by atoms with van der Waals surface area (Å²) in [5, 5.41) is 31.0. The third kappa shape index (κ3) is 13.7. The van der Waals surface area contributed by atoms with E-state index in [-0.39, 0.29) is 55.7 Å². The summed E-state index contributed by atoms with van der Waals surface area (Å²) < 4.78 is 30.1. The predicted octanol–water partition coefficient (Wildman–Crippen LogP) is 7.42. The van der Waals surface area contributed by atoms with Crippen LogP contribution in [-0.2, 0) is 33.3 Å². The number of aliphatic hydroxyl groups excluding tert-OH is 1. The Kier molecular flexibility index (Phi) is 19.4. The van der Waals surface area contributed by atoms with Crippen molar-refractivity contribution in [3.63, 3.8) is 0 Å². The average Bonchev–Trinajstić information content (AvgIpc) is 4.27. The van der Waals surface area contributed by atoms with Crippen molar-refractivity contribution in [3.8, 4) is 27.3 Å². The molecule has 18 nitrogen and oxygen atoms in total. The van der Waals surface area contributed by atoms with E-state index in [1.165, 1.54) is 21.1 Å². The second-order valence-corrected chi connectivity index (χ2v) is 21.5. The molecule has 0 aliphatic carbocycles. The number of carbonyl (C=O) groups excluding carboxylic acids is 3. The van der Waals surface area contributed by atoms with Crippen LogP contribution in [0.3, 0.4) is 0 Å². The van der Waals surface area contributed by atoms with Gasteiger partial charge in [-0.05, 0) is 75.3 Å². The number of aliphatic hydroxyl groups is 1. The Bertz CT molecular complexity index is 3050. The van der Waals surface area contributed by atoms with Crippen LogP contribution in [0.4, 0.5) is 0 Å². The Morgan fingerprint density at radius 1 is 0.908 bits per heavy atom. The number of nitrogens with zero attached hydrogens (tertiary/aromatic N) is 7. The lowest BCUT2D eigenvalue weighted by Gasteiger charge is -2.29. The molecule has 2 aliphatic heterocycles. The van der Waals surface area contributed by atoms with Gasteiger partial charge in [-0.2, -0.15) is 0 Å². The molecule has 402 valence electrons. The molecule has 5 unspecified atom stereocenters. The van der Waals surface area contributed by atoms with Gasteiger partial charge >= 0.3 is 0 Å². The number of aryl methyl sites for hydroxylation is 3. The molecule has 76 heavy (non-hydrogen) atoms. The molecule has 0 spiro atoms. The smallest absolute Gasteiger partial charge is 0.243 e. The van der Waals surface area contributed by atoms with Gasteiger partial charge in [0.15, 0.2) is 5.82 Å². The van der Waals surface area contributed by atoms with Crippen molar-refractivity contribution in [2.75, 3.05) is 65.9 Å². The lowest BCUT2D eigenvalue weighted by atomic mass is 9.91. The summed E-state index contributed by atoms with van der Waals surface area (Å²) in [4.78, 5) is 53.9. The number of amides is 3. The van der Waals surface area contributed by atoms with Gasteiger partial charge in [0.2, 0.25) is 17.7 Å². The topological polar surface area (TPSA) is 218 Å². The lowest BCUT2D eigenvalue weighted by Crippen LogP contribution is -2.48. The molecule has 3 N–H and O–H groups in total. The molecular formula is C55H64ClN9O9S2. The molecule has 2 aromatic carbocycles. The maximum absolute atomic E-state index is 13.8. The van der Waals surface area contributed by atoms with E-state index in [1.54, 1.807) is 29.8 Å². The van der Waals surface area contributed by atoms with Gasteiger partial charge in [-0.15, -0.1) is 32.9 Å². The molecule has 4 aromatic heterocycles. The average molecular weight is 1090 g/mol. The number of nitrogens with one attached hydrogen (secondary N) is 2. The normalized spacial score (nSPS) is 16.8. The number of ether oxygens (including phenoxy) is 4. The van der Waals surface area contributed by atoms with Crippen LogP contribution in [0.5, 0.6) is 0 Å². The zero-order chi connectivity index (χ0) is 53.9. The van der Waals surface area contributed by atoms with Gasteiger partial charge in [0.05, 0.1) is 86.6 Å².